The highest BCUT2D eigenvalue weighted by Gasteiger charge is 2.39. The summed E-state index contributed by atoms with van der Waals surface area (Å²) >= 11 is 0. The lowest BCUT2D eigenvalue weighted by Gasteiger charge is -2.47. The molecule has 0 unspecified atom stereocenters. The molecule has 1 aliphatic heterocycles. The maximum absolute atomic E-state index is 12.7. The SMILES string of the molecule is COCc1ccc(C(=O)N2CCN(C(=O)N(C)C)CC2(C)C)o1. The average molecular weight is 323 g/mol. The molecule has 0 atom stereocenters. The number of nitrogens with zero attached hydrogens (tertiary/aromatic N) is 3. The van der Waals surface area contributed by atoms with Crippen LogP contribution in [0.15, 0.2) is 16.5 Å². The Balaban J connectivity index is 2.11. The lowest BCUT2D eigenvalue weighted by molar-refractivity contribution is 0.0213. The predicted molar refractivity (Wildman–Crippen MR) is 85.2 cm³/mol. The zero-order valence-electron chi connectivity index (χ0n) is 14.5. The van der Waals surface area contributed by atoms with E-state index in [-0.39, 0.29) is 11.9 Å². The first-order chi connectivity index (χ1) is 10.8. The van der Waals surface area contributed by atoms with Gasteiger partial charge in [-0.3, -0.25) is 4.79 Å². The molecule has 23 heavy (non-hydrogen) atoms. The van der Waals surface area contributed by atoms with Gasteiger partial charge >= 0.3 is 6.03 Å². The number of urea groups is 1. The molecule has 0 aromatic carbocycles. The van der Waals surface area contributed by atoms with Gasteiger partial charge in [-0.15, -0.1) is 0 Å². The van der Waals surface area contributed by atoms with Crippen molar-refractivity contribution in [3.8, 4) is 0 Å². The average Bonchev–Trinajstić information content (AvgIpc) is 2.93. The van der Waals surface area contributed by atoms with E-state index < -0.39 is 5.54 Å². The van der Waals surface area contributed by atoms with E-state index in [0.29, 0.717) is 37.8 Å². The second kappa shape index (κ2) is 6.62. The Morgan fingerprint density at radius 2 is 2.00 bits per heavy atom. The van der Waals surface area contributed by atoms with E-state index in [1.807, 2.05) is 13.8 Å². The lowest BCUT2D eigenvalue weighted by atomic mass is 9.98. The van der Waals surface area contributed by atoms with Crippen LogP contribution in [0.5, 0.6) is 0 Å². The van der Waals surface area contributed by atoms with Crippen LogP contribution in [0.1, 0.15) is 30.2 Å². The van der Waals surface area contributed by atoms with Crippen molar-refractivity contribution in [2.75, 3.05) is 40.8 Å². The number of furan rings is 1. The molecule has 7 nitrogen and oxygen atoms in total. The molecule has 0 N–H and O–H groups in total. The summed E-state index contributed by atoms with van der Waals surface area (Å²) in [5, 5.41) is 0. The molecule has 0 saturated carbocycles. The van der Waals surface area contributed by atoms with Crippen LogP contribution in [0.25, 0.3) is 0 Å². The maximum atomic E-state index is 12.7. The van der Waals surface area contributed by atoms with Crippen molar-refractivity contribution in [2.24, 2.45) is 0 Å². The summed E-state index contributed by atoms with van der Waals surface area (Å²) < 4.78 is 10.5. The summed E-state index contributed by atoms with van der Waals surface area (Å²) in [7, 11) is 5.04. The smallest absolute Gasteiger partial charge is 0.319 e. The fourth-order valence-electron chi connectivity index (χ4n) is 2.82. The Morgan fingerprint density at radius 3 is 2.57 bits per heavy atom. The van der Waals surface area contributed by atoms with Gasteiger partial charge in [0, 0.05) is 40.8 Å². The molecule has 1 aliphatic rings. The zero-order chi connectivity index (χ0) is 17.2. The Hall–Kier alpha value is -2.02. The number of ether oxygens (including phenoxy) is 1. The summed E-state index contributed by atoms with van der Waals surface area (Å²) in [6.07, 6.45) is 0. The molecule has 0 aliphatic carbocycles. The highest BCUT2D eigenvalue weighted by molar-refractivity contribution is 5.92. The van der Waals surface area contributed by atoms with E-state index in [0.717, 1.165) is 0 Å². The van der Waals surface area contributed by atoms with Crippen LogP contribution >= 0.6 is 0 Å². The minimum Gasteiger partial charge on any atom is -0.453 e. The van der Waals surface area contributed by atoms with E-state index >= 15 is 0 Å². The van der Waals surface area contributed by atoms with Gasteiger partial charge < -0.3 is 23.9 Å². The standard InChI is InChI=1S/C16H25N3O4/c1-16(2)11-18(15(21)17(3)4)8-9-19(16)14(20)13-7-6-12(23-13)10-22-5/h6-7H,8-11H2,1-5H3. The zero-order valence-corrected chi connectivity index (χ0v) is 14.5. The first-order valence-electron chi connectivity index (χ1n) is 7.62. The van der Waals surface area contributed by atoms with Crippen molar-refractivity contribution in [1.82, 2.24) is 14.7 Å². The number of hydrogen-bond donors (Lipinski definition) is 0. The third kappa shape index (κ3) is 3.67. The monoisotopic (exact) mass is 323 g/mol. The second-order valence-corrected chi connectivity index (χ2v) is 6.57. The lowest BCUT2D eigenvalue weighted by Crippen LogP contribution is -2.63. The number of carbonyl (C=O) groups is 2. The van der Waals surface area contributed by atoms with Gasteiger partial charge in [-0.25, -0.2) is 4.79 Å². The number of hydrogen-bond acceptors (Lipinski definition) is 4. The highest BCUT2D eigenvalue weighted by Crippen LogP contribution is 2.24. The van der Waals surface area contributed by atoms with E-state index in [4.69, 9.17) is 9.15 Å². The van der Waals surface area contributed by atoms with Crippen LogP contribution in [0.2, 0.25) is 0 Å². The quantitative estimate of drug-likeness (QED) is 0.848. The van der Waals surface area contributed by atoms with Gasteiger partial charge in [0.15, 0.2) is 5.76 Å². The Kier molecular flexibility index (Phi) is 4.99. The molecule has 0 bridgehead atoms. The van der Waals surface area contributed by atoms with E-state index in [1.54, 1.807) is 48.0 Å². The van der Waals surface area contributed by atoms with Crippen molar-refractivity contribution in [1.29, 1.82) is 0 Å². The Bertz CT molecular complexity index is 580. The molecule has 2 heterocycles. The first kappa shape index (κ1) is 17.3. The van der Waals surface area contributed by atoms with Crippen molar-refractivity contribution in [3.63, 3.8) is 0 Å². The summed E-state index contributed by atoms with van der Waals surface area (Å²) in [5.41, 5.74) is -0.463. The summed E-state index contributed by atoms with van der Waals surface area (Å²) in [6.45, 7) is 5.73. The molecule has 3 amide bonds. The van der Waals surface area contributed by atoms with Gasteiger partial charge in [-0.05, 0) is 26.0 Å². The predicted octanol–water partition coefficient (Wildman–Crippen LogP) is 1.64. The van der Waals surface area contributed by atoms with E-state index in [9.17, 15) is 9.59 Å². The van der Waals surface area contributed by atoms with Gasteiger partial charge in [0.05, 0.1) is 5.54 Å². The van der Waals surface area contributed by atoms with Crippen LogP contribution in [0.4, 0.5) is 4.79 Å². The van der Waals surface area contributed by atoms with Gasteiger partial charge in [-0.1, -0.05) is 0 Å². The summed E-state index contributed by atoms with van der Waals surface area (Å²) in [5.74, 6) is 0.766. The van der Waals surface area contributed by atoms with Crippen LogP contribution in [-0.4, -0.2) is 73.0 Å². The molecular formula is C16H25N3O4. The summed E-state index contributed by atoms with van der Waals surface area (Å²) in [6, 6.07) is 3.38. The third-order valence-electron chi connectivity index (χ3n) is 3.96. The van der Waals surface area contributed by atoms with Crippen LogP contribution in [0, 0.1) is 0 Å². The molecule has 128 valence electrons. The van der Waals surface area contributed by atoms with Gasteiger partial charge in [0.25, 0.3) is 5.91 Å². The molecule has 1 saturated heterocycles. The molecule has 1 fully saturated rings. The van der Waals surface area contributed by atoms with Crippen LogP contribution in [-0.2, 0) is 11.3 Å². The van der Waals surface area contributed by atoms with Crippen molar-refractivity contribution < 1.29 is 18.7 Å². The number of methoxy groups -OCH3 is 1. The van der Waals surface area contributed by atoms with E-state index in [2.05, 4.69) is 0 Å². The third-order valence-corrected chi connectivity index (χ3v) is 3.96. The molecule has 0 radical (unpaired) electrons. The second-order valence-electron chi connectivity index (χ2n) is 6.57. The van der Waals surface area contributed by atoms with Gasteiger partial charge in [0.1, 0.15) is 12.4 Å². The number of carbonyl (C=O) groups excluding carboxylic acids is 2. The molecular weight excluding hydrogens is 298 g/mol. The van der Waals surface area contributed by atoms with Crippen LogP contribution in [0.3, 0.4) is 0 Å². The molecule has 7 heteroatoms. The fourth-order valence-corrected chi connectivity index (χ4v) is 2.82. The first-order valence-corrected chi connectivity index (χ1v) is 7.62. The number of piperazine rings is 1. The van der Waals surface area contributed by atoms with Crippen molar-refractivity contribution >= 4 is 11.9 Å². The fraction of sp³-hybridized carbons (Fsp3) is 0.625. The molecule has 0 spiro atoms. The van der Waals surface area contributed by atoms with Gasteiger partial charge in [0.2, 0.25) is 0 Å². The van der Waals surface area contributed by atoms with Crippen molar-refractivity contribution in [2.45, 2.75) is 26.0 Å². The van der Waals surface area contributed by atoms with Crippen LogP contribution < -0.4 is 0 Å². The molecule has 1 aromatic heterocycles. The van der Waals surface area contributed by atoms with E-state index in [1.165, 1.54) is 0 Å². The summed E-state index contributed by atoms with van der Waals surface area (Å²) in [4.78, 5) is 29.9. The minimum atomic E-state index is -0.463. The van der Waals surface area contributed by atoms with Crippen molar-refractivity contribution in [3.05, 3.63) is 23.7 Å². The Morgan fingerprint density at radius 1 is 1.30 bits per heavy atom. The highest BCUT2D eigenvalue weighted by atomic mass is 16.5. The molecule has 1 aromatic rings. The minimum absolute atomic E-state index is 0.0365. The Labute approximate surface area is 136 Å². The van der Waals surface area contributed by atoms with Gasteiger partial charge in [-0.2, -0.15) is 0 Å². The largest absolute Gasteiger partial charge is 0.453 e. The number of amides is 3. The molecule has 2 rings (SSSR count). The topological polar surface area (TPSA) is 66.2 Å². The number of rotatable bonds is 3. The maximum Gasteiger partial charge on any atom is 0.319 e. The normalized spacial score (nSPS) is 17.3.